The Bertz CT molecular complexity index is 966. The van der Waals surface area contributed by atoms with Gasteiger partial charge in [-0.15, -0.1) is 0 Å². The number of hydrogen-bond donors (Lipinski definition) is 2. The predicted octanol–water partition coefficient (Wildman–Crippen LogP) is 3.29. The first-order valence-electron chi connectivity index (χ1n) is 8.97. The number of thioether (sulfide) groups is 1. The van der Waals surface area contributed by atoms with Crippen molar-refractivity contribution < 1.29 is 14.3 Å². The van der Waals surface area contributed by atoms with Crippen LogP contribution in [-0.4, -0.2) is 35.9 Å². The lowest BCUT2D eigenvalue weighted by Crippen LogP contribution is -2.31. The standard InChI is InChI=1S/C20H23N3O4S/c1-5-10-28-20-22-17-16(18(24)23-20)15(12-6-8-13(26-3)9-7-12)14(11(2)21-17)19(25)27-4/h6-9,15H,5,10H2,1-4H3,(H2,21,22,23,24). The number of H-pyrrole nitrogens is 1. The number of ether oxygens (including phenoxy) is 2. The first kappa shape index (κ1) is 20.0. The Morgan fingerprint density at radius 2 is 1.96 bits per heavy atom. The van der Waals surface area contributed by atoms with Crippen molar-refractivity contribution in [3.8, 4) is 5.75 Å². The number of fused-ring (bicyclic) bond motifs is 1. The molecule has 0 spiro atoms. The molecule has 1 atom stereocenters. The summed E-state index contributed by atoms with van der Waals surface area (Å²) in [7, 11) is 2.92. The van der Waals surface area contributed by atoms with E-state index in [4.69, 9.17) is 9.47 Å². The summed E-state index contributed by atoms with van der Waals surface area (Å²) in [5.74, 6) is 0.938. The molecule has 1 aromatic carbocycles. The van der Waals surface area contributed by atoms with Gasteiger partial charge in [0.2, 0.25) is 0 Å². The first-order chi connectivity index (χ1) is 13.5. The van der Waals surface area contributed by atoms with Gasteiger partial charge in [-0.2, -0.15) is 0 Å². The molecule has 8 heteroatoms. The number of hydrogen-bond acceptors (Lipinski definition) is 7. The van der Waals surface area contributed by atoms with E-state index in [1.807, 2.05) is 12.1 Å². The molecule has 7 nitrogen and oxygen atoms in total. The average Bonchev–Trinajstić information content (AvgIpc) is 2.70. The molecule has 0 radical (unpaired) electrons. The molecule has 0 saturated carbocycles. The third kappa shape index (κ3) is 3.77. The monoisotopic (exact) mass is 401 g/mol. The molecule has 0 aliphatic carbocycles. The van der Waals surface area contributed by atoms with Gasteiger partial charge in [-0.05, 0) is 31.0 Å². The van der Waals surface area contributed by atoms with Crippen LogP contribution in [0.25, 0.3) is 0 Å². The largest absolute Gasteiger partial charge is 0.497 e. The van der Waals surface area contributed by atoms with Crippen molar-refractivity contribution in [2.75, 3.05) is 25.3 Å². The Hall–Kier alpha value is -2.74. The molecule has 3 rings (SSSR count). The average molecular weight is 401 g/mol. The van der Waals surface area contributed by atoms with Crippen LogP contribution in [0.1, 0.15) is 37.3 Å². The van der Waals surface area contributed by atoms with Crippen LogP contribution in [0, 0.1) is 0 Å². The van der Waals surface area contributed by atoms with Gasteiger partial charge in [0.15, 0.2) is 5.16 Å². The summed E-state index contributed by atoms with van der Waals surface area (Å²) in [4.78, 5) is 32.9. The molecule has 0 amide bonds. The third-order valence-corrected chi connectivity index (χ3v) is 5.60. The summed E-state index contributed by atoms with van der Waals surface area (Å²) in [6.45, 7) is 3.85. The lowest BCUT2D eigenvalue weighted by atomic mass is 9.82. The summed E-state index contributed by atoms with van der Waals surface area (Å²) in [6.07, 6.45) is 0.971. The Kier molecular flexibility index (Phi) is 6.08. The number of aromatic nitrogens is 2. The number of carbonyl (C=O) groups excluding carboxylic acids is 1. The number of allylic oxidation sites excluding steroid dienone is 1. The van der Waals surface area contributed by atoms with Crippen LogP contribution in [-0.2, 0) is 9.53 Å². The van der Waals surface area contributed by atoms with Crippen LogP contribution in [0.15, 0.2) is 45.5 Å². The van der Waals surface area contributed by atoms with Gasteiger partial charge in [-0.1, -0.05) is 30.8 Å². The molecule has 0 saturated heterocycles. The van der Waals surface area contributed by atoms with Gasteiger partial charge in [0.25, 0.3) is 5.56 Å². The number of carbonyl (C=O) groups is 1. The zero-order chi connectivity index (χ0) is 20.3. The van der Waals surface area contributed by atoms with Crippen LogP contribution in [0.5, 0.6) is 5.75 Å². The second-order valence-corrected chi connectivity index (χ2v) is 7.43. The van der Waals surface area contributed by atoms with E-state index in [1.54, 1.807) is 26.2 Å². The van der Waals surface area contributed by atoms with E-state index in [1.165, 1.54) is 18.9 Å². The zero-order valence-electron chi connectivity index (χ0n) is 16.3. The predicted molar refractivity (Wildman–Crippen MR) is 109 cm³/mol. The fourth-order valence-electron chi connectivity index (χ4n) is 3.21. The summed E-state index contributed by atoms with van der Waals surface area (Å²) in [5, 5.41) is 3.67. The highest BCUT2D eigenvalue weighted by atomic mass is 32.2. The highest BCUT2D eigenvalue weighted by Gasteiger charge is 2.36. The van der Waals surface area contributed by atoms with E-state index < -0.39 is 11.9 Å². The minimum atomic E-state index is -0.587. The maximum absolute atomic E-state index is 13.0. The summed E-state index contributed by atoms with van der Waals surface area (Å²) < 4.78 is 10.2. The van der Waals surface area contributed by atoms with E-state index in [2.05, 4.69) is 22.2 Å². The van der Waals surface area contributed by atoms with Crippen molar-refractivity contribution in [3.63, 3.8) is 0 Å². The molecule has 2 aromatic rings. The molecule has 2 heterocycles. The number of anilines is 1. The number of aromatic amines is 1. The summed E-state index contributed by atoms with van der Waals surface area (Å²) in [5.41, 5.74) is 1.92. The van der Waals surface area contributed by atoms with Crippen molar-refractivity contribution in [2.24, 2.45) is 0 Å². The molecule has 1 aliphatic rings. The van der Waals surface area contributed by atoms with Crippen LogP contribution in [0.2, 0.25) is 0 Å². The molecule has 148 valence electrons. The topological polar surface area (TPSA) is 93.3 Å². The van der Waals surface area contributed by atoms with Crippen molar-refractivity contribution >= 4 is 23.5 Å². The Morgan fingerprint density at radius 1 is 1.25 bits per heavy atom. The minimum Gasteiger partial charge on any atom is -0.497 e. The Morgan fingerprint density at radius 3 is 2.57 bits per heavy atom. The second kappa shape index (κ2) is 8.52. The molecule has 28 heavy (non-hydrogen) atoms. The normalized spacial score (nSPS) is 15.6. The van der Waals surface area contributed by atoms with E-state index >= 15 is 0 Å². The molecule has 1 aliphatic heterocycles. The minimum absolute atomic E-state index is 0.272. The van der Waals surface area contributed by atoms with Crippen molar-refractivity contribution in [1.29, 1.82) is 0 Å². The quantitative estimate of drug-likeness (QED) is 0.436. The number of benzene rings is 1. The van der Waals surface area contributed by atoms with Crippen molar-refractivity contribution in [1.82, 2.24) is 9.97 Å². The van der Waals surface area contributed by atoms with Crippen molar-refractivity contribution in [2.45, 2.75) is 31.3 Å². The van der Waals surface area contributed by atoms with Crippen LogP contribution in [0.4, 0.5) is 5.82 Å². The smallest absolute Gasteiger partial charge is 0.336 e. The summed E-state index contributed by atoms with van der Waals surface area (Å²) >= 11 is 1.49. The van der Waals surface area contributed by atoms with E-state index in [0.717, 1.165) is 17.7 Å². The zero-order valence-corrected chi connectivity index (χ0v) is 17.1. The first-order valence-corrected chi connectivity index (χ1v) is 9.95. The number of nitrogens with one attached hydrogen (secondary N) is 2. The number of nitrogens with zero attached hydrogens (tertiary/aromatic N) is 1. The van der Waals surface area contributed by atoms with Gasteiger partial charge in [0.1, 0.15) is 11.6 Å². The Labute approximate surface area is 167 Å². The van der Waals surface area contributed by atoms with Crippen LogP contribution < -0.4 is 15.6 Å². The van der Waals surface area contributed by atoms with E-state index in [0.29, 0.717) is 33.6 Å². The third-order valence-electron chi connectivity index (χ3n) is 4.52. The maximum atomic E-state index is 13.0. The fourth-order valence-corrected chi connectivity index (χ4v) is 3.93. The van der Waals surface area contributed by atoms with Gasteiger partial charge < -0.3 is 19.8 Å². The molecule has 1 unspecified atom stereocenters. The number of rotatable bonds is 6. The maximum Gasteiger partial charge on any atom is 0.336 e. The van der Waals surface area contributed by atoms with Gasteiger partial charge in [0.05, 0.1) is 31.3 Å². The molecular formula is C20H23N3O4S. The highest BCUT2D eigenvalue weighted by molar-refractivity contribution is 7.99. The lowest BCUT2D eigenvalue weighted by Gasteiger charge is -2.28. The lowest BCUT2D eigenvalue weighted by molar-refractivity contribution is -0.136. The van der Waals surface area contributed by atoms with Crippen molar-refractivity contribution in [3.05, 3.63) is 57.0 Å². The van der Waals surface area contributed by atoms with Crippen LogP contribution in [0.3, 0.4) is 0 Å². The van der Waals surface area contributed by atoms with E-state index in [-0.39, 0.29) is 5.56 Å². The molecular weight excluding hydrogens is 378 g/mol. The van der Waals surface area contributed by atoms with Gasteiger partial charge in [0, 0.05) is 11.4 Å². The number of esters is 1. The van der Waals surface area contributed by atoms with Gasteiger partial charge in [-0.25, -0.2) is 9.78 Å². The van der Waals surface area contributed by atoms with E-state index in [9.17, 15) is 9.59 Å². The fraction of sp³-hybridized carbons (Fsp3) is 0.350. The van der Waals surface area contributed by atoms with Crippen LogP contribution >= 0.6 is 11.8 Å². The Balaban J connectivity index is 2.18. The molecule has 2 N–H and O–H groups in total. The van der Waals surface area contributed by atoms with Gasteiger partial charge >= 0.3 is 5.97 Å². The molecule has 0 bridgehead atoms. The highest BCUT2D eigenvalue weighted by Crippen LogP contribution is 2.40. The molecule has 1 aromatic heterocycles. The summed E-state index contributed by atoms with van der Waals surface area (Å²) in [6, 6.07) is 7.28. The SMILES string of the molecule is CCCSc1nc2c(c(=O)[nH]1)C(c1ccc(OC)cc1)C(C(=O)OC)=C(C)N2. The molecule has 0 fully saturated rings. The van der Waals surface area contributed by atoms with Gasteiger partial charge in [-0.3, -0.25) is 4.79 Å². The number of methoxy groups -OCH3 is 2. The second-order valence-electron chi connectivity index (χ2n) is 6.34.